The molecule has 1 saturated heterocycles. The third-order valence-electron chi connectivity index (χ3n) is 4.25. The van der Waals surface area contributed by atoms with Gasteiger partial charge in [-0.3, -0.25) is 4.90 Å². The van der Waals surface area contributed by atoms with Gasteiger partial charge >= 0.3 is 0 Å². The molecule has 3 N–H and O–H groups in total. The van der Waals surface area contributed by atoms with E-state index in [1.807, 2.05) is 0 Å². The zero-order valence-electron chi connectivity index (χ0n) is 9.89. The Hall–Kier alpha value is -0.120. The lowest BCUT2D eigenvalue weighted by Gasteiger charge is -2.35. The molecule has 0 amide bonds. The van der Waals surface area contributed by atoms with Gasteiger partial charge in [0.1, 0.15) is 0 Å². The van der Waals surface area contributed by atoms with Gasteiger partial charge in [0, 0.05) is 18.6 Å². The molecule has 0 aromatic heterocycles. The van der Waals surface area contributed by atoms with Gasteiger partial charge < -0.3 is 10.8 Å². The molecule has 88 valence electrons. The van der Waals surface area contributed by atoms with Crippen molar-refractivity contribution in [3.8, 4) is 0 Å². The molecule has 15 heavy (non-hydrogen) atoms. The van der Waals surface area contributed by atoms with Gasteiger partial charge in [-0.1, -0.05) is 19.8 Å². The average Bonchev–Trinajstić information content (AvgIpc) is 2.66. The Morgan fingerprint density at radius 3 is 2.80 bits per heavy atom. The van der Waals surface area contributed by atoms with Crippen LogP contribution in [0, 0.1) is 5.92 Å². The van der Waals surface area contributed by atoms with E-state index in [1.54, 1.807) is 0 Å². The van der Waals surface area contributed by atoms with Crippen LogP contribution in [-0.4, -0.2) is 40.8 Å². The molecule has 2 aliphatic rings. The van der Waals surface area contributed by atoms with E-state index < -0.39 is 0 Å². The van der Waals surface area contributed by atoms with Crippen molar-refractivity contribution >= 4 is 0 Å². The summed E-state index contributed by atoms with van der Waals surface area (Å²) in [4.78, 5) is 2.44. The number of hydrogen-bond donors (Lipinski definition) is 2. The number of likely N-dealkylation sites (tertiary alicyclic amines) is 1. The number of rotatable bonds is 4. The highest BCUT2D eigenvalue weighted by atomic mass is 16.3. The van der Waals surface area contributed by atoms with Crippen molar-refractivity contribution < 1.29 is 5.11 Å². The van der Waals surface area contributed by atoms with Crippen molar-refractivity contribution in [1.82, 2.24) is 4.90 Å². The number of aliphatic hydroxyl groups excluding tert-OH is 1. The average molecular weight is 212 g/mol. The van der Waals surface area contributed by atoms with Crippen LogP contribution in [0.2, 0.25) is 0 Å². The Morgan fingerprint density at radius 1 is 1.53 bits per heavy atom. The van der Waals surface area contributed by atoms with Crippen LogP contribution in [0.25, 0.3) is 0 Å². The number of nitrogens with zero attached hydrogens (tertiary/aromatic N) is 1. The van der Waals surface area contributed by atoms with E-state index in [0.29, 0.717) is 12.0 Å². The van der Waals surface area contributed by atoms with Crippen LogP contribution in [0.1, 0.15) is 39.5 Å². The summed E-state index contributed by atoms with van der Waals surface area (Å²) in [6.45, 7) is 5.60. The molecule has 0 radical (unpaired) electrons. The second kappa shape index (κ2) is 4.40. The summed E-state index contributed by atoms with van der Waals surface area (Å²) < 4.78 is 0. The standard InChI is InChI=1S/C12H24N2O/c1-3-4-5-8(2)14-7-9-6-10(15)12(14)11(9)13/h8-12,15H,3-7,13H2,1-2H3/t8?,9-,10+,11-,12-/m1/s1. The predicted octanol–water partition coefficient (Wildman–Crippen LogP) is 0.957. The molecule has 1 aliphatic heterocycles. The Kier molecular flexibility index (Phi) is 3.33. The van der Waals surface area contributed by atoms with Gasteiger partial charge in [-0.25, -0.2) is 0 Å². The van der Waals surface area contributed by atoms with Gasteiger partial charge in [0.25, 0.3) is 0 Å². The fraction of sp³-hybridized carbons (Fsp3) is 1.00. The van der Waals surface area contributed by atoms with Crippen LogP contribution in [0.5, 0.6) is 0 Å². The molecule has 1 heterocycles. The van der Waals surface area contributed by atoms with Gasteiger partial charge in [0.2, 0.25) is 0 Å². The summed E-state index contributed by atoms with van der Waals surface area (Å²) in [5.41, 5.74) is 6.13. The molecule has 3 nitrogen and oxygen atoms in total. The van der Waals surface area contributed by atoms with Gasteiger partial charge in [-0.05, 0) is 25.7 Å². The lowest BCUT2D eigenvalue weighted by Crippen LogP contribution is -2.49. The summed E-state index contributed by atoms with van der Waals surface area (Å²) in [5.74, 6) is 0.536. The molecular weight excluding hydrogens is 188 g/mol. The van der Waals surface area contributed by atoms with Crippen molar-refractivity contribution in [2.75, 3.05) is 6.54 Å². The van der Waals surface area contributed by atoms with Gasteiger partial charge in [0.05, 0.1) is 12.1 Å². The van der Waals surface area contributed by atoms with Crippen molar-refractivity contribution in [2.24, 2.45) is 11.7 Å². The minimum Gasteiger partial charge on any atom is -0.391 e. The predicted molar refractivity (Wildman–Crippen MR) is 61.6 cm³/mol. The Labute approximate surface area is 92.6 Å². The molecule has 1 unspecified atom stereocenters. The number of piperidine rings is 1. The number of unbranched alkanes of at least 4 members (excludes halogenated alkanes) is 1. The minimum atomic E-state index is -0.178. The van der Waals surface area contributed by atoms with E-state index in [2.05, 4.69) is 18.7 Å². The smallest absolute Gasteiger partial charge is 0.0714 e. The van der Waals surface area contributed by atoms with Crippen LogP contribution < -0.4 is 5.73 Å². The highest BCUT2D eigenvalue weighted by Gasteiger charge is 2.51. The van der Waals surface area contributed by atoms with Gasteiger partial charge in [-0.2, -0.15) is 0 Å². The van der Waals surface area contributed by atoms with E-state index in [9.17, 15) is 5.11 Å². The van der Waals surface area contributed by atoms with E-state index in [1.165, 1.54) is 19.3 Å². The molecule has 3 heteroatoms. The zero-order valence-corrected chi connectivity index (χ0v) is 9.89. The number of hydrogen-bond acceptors (Lipinski definition) is 3. The zero-order chi connectivity index (χ0) is 11.0. The van der Waals surface area contributed by atoms with E-state index in [-0.39, 0.29) is 18.2 Å². The molecule has 0 aromatic rings. The fourth-order valence-corrected chi connectivity index (χ4v) is 3.31. The maximum atomic E-state index is 9.91. The first kappa shape index (κ1) is 11.4. The SMILES string of the molecule is CCCCC(C)N1C[C@H]2C[C@H](O)[C@@H]1[C@@H]2N. The first-order chi connectivity index (χ1) is 7.15. The Bertz CT molecular complexity index is 222. The summed E-state index contributed by atoms with van der Waals surface area (Å²) in [7, 11) is 0. The lowest BCUT2D eigenvalue weighted by molar-refractivity contribution is 0.0324. The Morgan fingerprint density at radius 2 is 2.27 bits per heavy atom. The maximum absolute atomic E-state index is 9.91. The third-order valence-corrected chi connectivity index (χ3v) is 4.25. The molecular formula is C12H24N2O. The van der Waals surface area contributed by atoms with Crippen LogP contribution in [0.4, 0.5) is 0 Å². The molecule has 1 saturated carbocycles. The summed E-state index contributed by atoms with van der Waals surface area (Å²) in [5, 5.41) is 9.91. The molecule has 2 fully saturated rings. The highest BCUT2D eigenvalue weighted by Crippen LogP contribution is 2.38. The third kappa shape index (κ3) is 1.93. The van der Waals surface area contributed by atoms with Crippen molar-refractivity contribution in [1.29, 1.82) is 0 Å². The van der Waals surface area contributed by atoms with E-state index >= 15 is 0 Å². The Balaban J connectivity index is 1.94. The first-order valence-corrected chi connectivity index (χ1v) is 6.34. The first-order valence-electron chi connectivity index (χ1n) is 6.34. The fourth-order valence-electron chi connectivity index (χ4n) is 3.31. The second-order valence-electron chi connectivity index (χ2n) is 5.32. The number of fused-ring (bicyclic) bond motifs is 2. The molecule has 1 aliphatic carbocycles. The van der Waals surface area contributed by atoms with Gasteiger partial charge in [0.15, 0.2) is 0 Å². The second-order valence-corrected chi connectivity index (χ2v) is 5.32. The van der Waals surface area contributed by atoms with Crippen LogP contribution in [0.15, 0.2) is 0 Å². The van der Waals surface area contributed by atoms with Crippen molar-refractivity contribution in [3.63, 3.8) is 0 Å². The molecule has 0 spiro atoms. The van der Waals surface area contributed by atoms with Crippen molar-refractivity contribution in [2.45, 2.75) is 63.8 Å². The minimum absolute atomic E-state index is 0.178. The van der Waals surface area contributed by atoms with Gasteiger partial charge in [-0.15, -0.1) is 0 Å². The topological polar surface area (TPSA) is 49.5 Å². The summed E-state index contributed by atoms with van der Waals surface area (Å²) in [6, 6.07) is 1.03. The van der Waals surface area contributed by atoms with Crippen LogP contribution in [0.3, 0.4) is 0 Å². The summed E-state index contributed by atoms with van der Waals surface area (Å²) >= 11 is 0. The molecule has 5 atom stereocenters. The quantitative estimate of drug-likeness (QED) is 0.729. The number of nitrogens with two attached hydrogens (primary N) is 1. The molecule has 2 bridgehead atoms. The van der Waals surface area contributed by atoms with E-state index in [4.69, 9.17) is 5.73 Å². The highest BCUT2D eigenvalue weighted by molar-refractivity contribution is 5.07. The maximum Gasteiger partial charge on any atom is 0.0714 e. The normalized spacial score (nSPS) is 42.4. The van der Waals surface area contributed by atoms with Crippen molar-refractivity contribution in [3.05, 3.63) is 0 Å². The van der Waals surface area contributed by atoms with E-state index in [0.717, 1.165) is 13.0 Å². The molecule has 0 aromatic carbocycles. The monoisotopic (exact) mass is 212 g/mol. The molecule has 2 rings (SSSR count). The van der Waals surface area contributed by atoms with Crippen LogP contribution in [-0.2, 0) is 0 Å². The lowest BCUT2D eigenvalue weighted by atomic mass is 10.0. The largest absolute Gasteiger partial charge is 0.391 e. The summed E-state index contributed by atoms with van der Waals surface area (Å²) in [6.07, 6.45) is 4.51. The van der Waals surface area contributed by atoms with Crippen LogP contribution >= 0.6 is 0 Å². The number of aliphatic hydroxyl groups is 1.